The van der Waals surface area contributed by atoms with Crippen LogP contribution in [0, 0.1) is 5.82 Å². The van der Waals surface area contributed by atoms with Crippen molar-refractivity contribution < 1.29 is 31.8 Å². The molecule has 0 amide bonds. The Balaban J connectivity index is 2.33. The van der Waals surface area contributed by atoms with Gasteiger partial charge in [-0.1, -0.05) is 0 Å². The van der Waals surface area contributed by atoms with Gasteiger partial charge < -0.3 is 14.4 Å². The maximum absolute atomic E-state index is 14.0. The summed E-state index contributed by atoms with van der Waals surface area (Å²) in [7, 11) is 1.18. The molecule has 0 bridgehead atoms. The van der Waals surface area contributed by atoms with Crippen LogP contribution in [0.2, 0.25) is 0 Å². The molecule has 4 nitrogen and oxygen atoms in total. The summed E-state index contributed by atoms with van der Waals surface area (Å²) in [6.45, 7) is 0.420. The Morgan fingerprint density at radius 2 is 2.14 bits per heavy atom. The van der Waals surface area contributed by atoms with E-state index in [-0.39, 0.29) is 25.4 Å². The smallest absolute Gasteiger partial charge is 0.416 e. The van der Waals surface area contributed by atoms with Crippen LogP contribution in [0.4, 0.5) is 23.2 Å². The highest BCUT2D eigenvalue weighted by Crippen LogP contribution is 2.33. The minimum Gasteiger partial charge on any atom is -0.467 e. The van der Waals surface area contributed by atoms with Crippen LogP contribution in [0.5, 0.6) is 0 Å². The first kappa shape index (κ1) is 15.6. The van der Waals surface area contributed by atoms with Crippen LogP contribution >= 0.6 is 0 Å². The zero-order valence-corrected chi connectivity index (χ0v) is 11.1. The predicted octanol–water partition coefficient (Wildman–Crippen LogP) is 2.22. The van der Waals surface area contributed by atoms with E-state index in [1.165, 1.54) is 12.0 Å². The monoisotopic (exact) mass is 307 g/mol. The number of halogens is 4. The Morgan fingerprint density at radius 1 is 1.43 bits per heavy atom. The number of carbonyl (C=O) groups is 1. The highest BCUT2D eigenvalue weighted by Gasteiger charge is 2.34. The number of morpholine rings is 1. The highest BCUT2D eigenvalue weighted by molar-refractivity contribution is 5.80. The molecule has 1 saturated heterocycles. The second kappa shape index (κ2) is 5.88. The van der Waals surface area contributed by atoms with E-state index in [4.69, 9.17) is 4.74 Å². The molecule has 1 fully saturated rings. The molecule has 8 heteroatoms. The van der Waals surface area contributed by atoms with Gasteiger partial charge in [0.25, 0.3) is 0 Å². The Labute approximate surface area is 118 Å². The fourth-order valence-electron chi connectivity index (χ4n) is 2.14. The van der Waals surface area contributed by atoms with Crippen molar-refractivity contribution in [2.75, 3.05) is 31.8 Å². The fourth-order valence-corrected chi connectivity index (χ4v) is 2.14. The van der Waals surface area contributed by atoms with Gasteiger partial charge in [0.1, 0.15) is 5.82 Å². The minimum absolute atomic E-state index is 0.00681. The number of benzene rings is 1. The number of carbonyl (C=O) groups excluding carboxylic acids is 1. The molecule has 1 aromatic rings. The van der Waals surface area contributed by atoms with Crippen LogP contribution in [-0.2, 0) is 20.4 Å². The summed E-state index contributed by atoms with van der Waals surface area (Å²) in [5, 5.41) is 0. The molecule has 116 valence electrons. The molecule has 1 unspecified atom stereocenters. The molecule has 0 saturated carbocycles. The maximum atomic E-state index is 14.0. The number of esters is 1. The minimum atomic E-state index is -4.62. The van der Waals surface area contributed by atoms with Crippen molar-refractivity contribution >= 4 is 11.7 Å². The molecule has 0 aromatic heterocycles. The van der Waals surface area contributed by atoms with Crippen LogP contribution in [-0.4, -0.2) is 38.9 Å². The van der Waals surface area contributed by atoms with Gasteiger partial charge in [0, 0.05) is 6.54 Å². The van der Waals surface area contributed by atoms with Gasteiger partial charge in [0.2, 0.25) is 0 Å². The first-order chi connectivity index (χ1) is 9.84. The van der Waals surface area contributed by atoms with Crippen molar-refractivity contribution in [1.29, 1.82) is 0 Å². The van der Waals surface area contributed by atoms with E-state index in [1.54, 1.807) is 0 Å². The lowest BCUT2D eigenvalue weighted by Gasteiger charge is -2.35. The number of hydrogen-bond donors (Lipinski definition) is 0. The normalized spacial score (nSPS) is 19.5. The Morgan fingerprint density at radius 3 is 2.71 bits per heavy atom. The zero-order valence-electron chi connectivity index (χ0n) is 11.1. The van der Waals surface area contributed by atoms with E-state index in [2.05, 4.69) is 4.74 Å². The first-order valence-electron chi connectivity index (χ1n) is 6.13. The van der Waals surface area contributed by atoms with E-state index >= 15 is 0 Å². The van der Waals surface area contributed by atoms with Crippen molar-refractivity contribution in [3.05, 3.63) is 29.6 Å². The molecule has 1 heterocycles. The van der Waals surface area contributed by atoms with E-state index < -0.39 is 29.6 Å². The molecule has 0 spiro atoms. The predicted molar refractivity (Wildman–Crippen MR) is 65.4 cm³/mol. The van der Waals surface area contributed by atoms with Gasteiger partial charge in [-0.15, -0.1) is 0 Å². The Kier molecular flexibility index (Phi) is 4.36. The average molecular weight is 307 g/mol. The number of ether oxygens (including phenoxy) is 2. The quantitative estimate of drug-likeness (QED) is 0.620. The largest absolute Gasteiger partial charge is 0.467 e. The summed E-state index contributed by atoms with van der Waals surface area (Å²) in [5.74, 6) is -1.67. The van der Waals surface area contributed by atoms with Crippen molar-refractivity contribution in [2.24, 2.45) is 0 Å². The standard InChI is InChI=1S/C13H13F4NO3/c1-20-12(19)11-7-21-5-4-18(11)10-3-2-8(6-9(10)14)13(15,16)17/h2-3,6,11H,4-5,7H2,1H3. The molecule has 0 aliphatic carbocycles. The van der Waals surface area contributed by atoms with Crippen molar-refractivity contribution in [3.63, 3.8) is 0 Å². The maximum Gasteiger partial charge on any atom is 0.416 e. The van der Waals surface area contributed by atoms with E-state index in [0.29, 0.717) is 6.07 Å². The van der Waals surface area contributed by atoms with Gasteiger partial charge in [0.05, 0.1) is 31.6 Å². The topological polar surface area (TPSA) is 38.8 Å². The van der Waals surface area contributed by atoms with Gasteiger partial charge >= 0.3 is 12.1 Å². The average Bonchev–Trinajstić information content (AvgIpc) is 2.45. The number of hydrogen-bond acceptors (Lipinski definition) is 4. The van der Waals surface area contributed by atoms with Crippen LogP contribution < -0.4 is 4.90 Å². The summed E-state index contributed by atoms with van der Waals surface area (Å²) in [4.78, 5) is 13.0. The third kappa shape index (κ3) is 3.26. The van der Waals surface area contributed by atoms with Gasteiger partial charge in [-0.2, -0.15) is 13.2 Å². The van der Waals surface area contributed by atoms with E-state index in [0.717, 1.165) is 12.1 Å². The number of nitrogens with zero attached hydrogens (tertiary/aromatic N) is 1. The molecular weight excluding hydrogens is 294 g/mol. The molecule has 1 aliphatic heterocycles. The SMILES string of the molecule is COC(=O)C1COCCN1c1ccc(C(F)(F)F)cc1F. The Bertz CT molecular complexity index is 533. The van der Waals surface area contributed by atoms with Crippen LogP contribution in [0.15, 0.2) is 18.2 Å². The number of alkyl halides is 3. The van der Waals surface area contributed by atoms with Crippen molar-refractivity contribution in [3.8, 4) is 0 Å². The highest BCUT2D eigenvalue weighted by atomic mass is 19.4. The first-order valence-corrected chi connectivity index (χ1v) is 6.13. The summed E-state index contributed by atoms with van der Waals surface area (Å²) >= 11 is 0. The van der Waals surface area contributed by atoms with Crippen LogP contribution in [0.3, 0.4) is 0 Å². The number of anilines is 1. The van der Waals surface area contributed by atoms with Crippen molar-refractivity contribution in [2.45, 2.75) is 12.2 Å². The molecule has 21 heavy (non-hydrogen) atoms. The van der Waals surface area contributed by atoms with Gasteiger partial charge in [-0.25, -0.2) is 9.18 Å². The summed E-state index contributed by atoms with van der Waals surface area (Å²) < 4.78 is 61.3. The third-order valence-electron chi connectivity index (χ3n) is 3.19. The molecule has 1 atom stereocenters. The number of methoxy groups -OCH3 is 1. The second-order valence-electron chi connectivity index (χ2n) is 4.47. The lowest BCUT2D eigenvalue weighted by Crippen LogP contribution is -2.51. The van der Waals surface area contributed by atoms with E-state index in [1.807, 2.05) is 0 Å². The summed E-state index contributed by atoms with van der Waals surface area (Å²) in [6, 6.07) is 1.33. The van der Waals surface area contributed by atoms with Gasteiger partial charge in [-0.3, -0.25) is 0 Å². The lowest BCUT2D eigenvalue weighted by molar-refractivity contribution is -0.144. The second-order valence-corrected chi connectivity index (χ2v) is 4.47. The van der Waals surface area contributed by atoms with Gasteiger partial charge in [-0.05, 0) is 18.2 Å². The summed E-state index contributed by atoms with van der Waals surface area (Å²) in [6.07, 6.45) is -4.62. The molecule has 0 N–H and O–H groups in total. The molecular formula is C13H13F4NO3. The van der Waals surface area contributed by atoms with Crippen LogP contribution in [0.1, 0.15) is 5.56 Å². The van der Waals surface area contributed by atoms with Gasteiger partial charge in [0.15, 0.2) is 6.04 Å². The van der Waals surface area contributed by atoms with Crippen molar-refractivity contribution in [1.82, 2.24) is 0 Å². The molecule has 2 rings (SSSR count). The molecule has 1 aromatic carbocycles. The molecule has 0 radical (unpaired) electrons. The lowest BCUT2D eigenvalue weighted by atomic mass is 10.1. The Hall–Kier alpha value is -1.83. The zero-order chi connectivity index (χ0) is 15.6. The van der Waals surface area contributed by atoms with Crippen LogP contribution in [0.25, 0.3) is 0 Å². The third-order valence-corrected chi connectivity index (χ3v) is 3.19. The number of rotatable bonds is 2. The fraction of sp³-hybridized carbons (Fsp3) is 0.462. The van der Waals surface area contributed by atoms with E-state index in [9.17, 15) is 22.4 Å². The molecule has 1 aliphatic rings. The summed E-state index contributed by atoms with van der Waals surface area (Å²) in [5.41, 5.74) is -1.16.